The smallest absolute Gasteiger partial charge is 0.325 e. The van der Waals surface area contributed by atoms with Crippen LogP contribution in [0.3, 0.4) is 0 Å². The number of H-pyrrole nitrogens is 1. The van der Waals surface area contributed by atoms with Gasteiger partial charge >= 0.3 is 10.7 Å². The van der Waals surface area contributed by atoms with Crippen LogP contribution in [0.2, 0.25) is 0 Å². The molecule has 6 nitrogen and oxygen atoms in total. The number of anilines is 1. The van der Waals surface area contributed by atoms with E-state index >= 15 is 0 Å². The number of benzene rings is 2. The van der Waals surface area contributed by atoms with Gasteiger partial charge in [-0.1, -0.05) is 33.6 Å². The molecule has 0 aliphatic heterocycles. The average molecular weight is 421 g/mol. The molecule has 0 aliphatic carbocycles. The number of carbonyl (C=O) groups excluding carboxylic acids is 1. The van der Waals surface area contributed by atoms with E-state index in [4.69, 9.17) is 4.52 Å². The maximum Gasteiger partial charge on any atom is 0.442 e. The van der Waals surface area contributed by atoms with Crippen LogP contribution in [0.1, 0.15) is 5.56 Å². The molecule has 3 rings (SSSR count). The van der Waals surface area contributed by atoms with Crippen LogP contribution in [0.4, 0.5) is 5.69 Å². The number of nitrogens with one attached hydrogen (secondary N) is 2. The quantitative estimate of drug-likeness (QED) is 0.491. The molecule has 3 aromatic rings. The number of amides is 1. The molecule has 0 saturated carbocycles. The Kier molecular flexibility index (Phi) is 5.40. The summed E-state index contributed by atoms with van der Waals surface area (Å²) in [6.07, 6.45) is 0. The molecule has 2 N–H and O–H groups in total. The van der Waals surface area contributed by atoms with E-state index in [2.05, 4.69) is 26.5 Å². The zero-order valence-electron chi connectivity index (χ0n) is 13.3. The lowest BCUT2D eigenvalue weighted by Crippen LogP contribution is -2.36. The fraction of sp³-hybridized carbons (Fsp3) is 0.118. The molecule has 128 valence electrons. The van der Waals surface area contributed by atoms with E-state index in [0.717, 1.165) is 27.5 Å². The van der Waals surface area contributed by atoms with E-state index in [1.807, 2.05) is 43.3 Å². The van der Waals surface area contributed by atoms with Gasteiger partial charge in [-0.2, -0.15) is 0 Å². The highest BCUT2D eigenvalue weighted by Gasteiger charge is 2.24. The minimum Gasteiger partial charge on any atom is -0.325 e. The zero-order valence-corrected chi connectivity index (χ0v) is 15.7. The third-order valence-electron chi connectivity index (χ3n) is 3.37. The van der Waals surface area contributed by atoms with Crippen molar-refractivity contribution in [1.29, 1.82) is 0 Å². The van der Waals surface area contributed by atoms with Gasteiger partial charge < -0.3 is 5.32 Å². The number of aryl methyl sites for hydroxylation is 1. The molecule has 25 heavy (non-hydrogen) atoms. The van der Waals surface area contributed by atoms with Gasteiger partial charge in [0.25, 0.3) is 0 Å². The molecular formula is C17H15BrN3O3S+. The van der Waals surface area contributed by atoms with Gasteiger partial charge in [-0.3, -0.25) is 9.32 Å². The van der Waals surface area contributed by atoms with Gasteiger partial charge in [-0.25, -0.2) is 4.79 Å². The highest BCUT2D eigenvalue weighted by atomic mass is 79.9. The monoisotopic (exact) mass is 420 g/mol. The summed E-state index contributed by atoms with van der Waals surface area (Å²) in [5.74, 6) is -0.117. The predicted octanol–water partition coefficient (Wildman–Crippen LogP) is 3.05. The number of hydrogen-bond donors (Lipinski definition) is 2. The lowest BCUT2D eigenvalue weighted by Gasteiger charge is -2.03. The van der Waals surface area contributed by atoms with Gasteiger partial charge in [0, 0.05) is 22.3 Å². The van der Waals surface area contributed by atoms with E-state index in [-0.39, 0.29) is 11.7 Å². The minimum atomic E-state index is -0.512. The lowest BCUT2D eigenvalue weighted by molar-refractivity contribution is -0.704. The molecule has 0 spiro atoms. The van der Waals surface area contributed by atoms with E-state index in [1.165, 1.54) is 4.68 Å². The predicted molar refractivity (Wildman–Crippen MR) is 99.1 cm³/mol. The summed E-state index contributed by atoms with van der Waals surface area (Å²) in [7, 11) is 0. The van der Waals surface area contributed by atoms with Crippen molar-refractivity contribution in [3.05, 3.63) is 69.0 Å². The van der Waals surface area contributed by atoms with E-state index in [0.29, 0.717) is 10.7 Å². The minimum absolute atomic E-state index is 0.0878. The van der Waals surface area contributed by atoms with Crippen LogP contribution in [0.25, 0.3) is 5.69 Å². The summed E-state index contributed by atoms with van der Waals surface area (Å²) in [6.45, 7) is 1.98. The molecule has 2 aromatic carbocycles. The second-order valence-corrected chi connectivity index (χ2v) is 7.18. The van der Waals surface area contributed by atoms with Crippen molar-refractivity contribution < 1.29 is 14.0 Å². The van der Waals surface area contributed by atoms with E-state index in [9.17, 15) is 9.59 Å². The SMILES string of the molecule is Cc1ccc(-[n+]2[nH]oc(=O)c2SCC(=O)Nc2ccc(Br)cc2)cc1. The van der Waals surface area contributed by atoms with Crippen molar-refractivity contribution in [3.8, 4) is 5.69 Å². The van der Waals surface area contributed by atoms with Gasteiger partial charge in [-0.05, 0) is 52.9 Å². The second kappa shape index (κ2) is 7.71. The van der Waals surface area contributed by atoms with Crippen molar-refractivity contribution in [1.82, 2.24) is 5.27 Å². The first kappa shape index (κ1) is 17.5. The Morgan fingerprint density at radius 1 is 1.20 bits per heavy atom. The van der Waals surface area contributed by atoms with Crippen LogP contribution in [-0.4, -0.2) is 16.9 Å². The molecule has 8 heteroatoms. The number of aromatic nitrogens is 2. The summed E-state index contributed by atoms with van der Waals surface area (Å²) in [5.41, 5.74) is 2.05. The molecule has 0 aliphatic rings. The Labute approximate surface area is 156 Å². The van der Waals surface area contributed by atoms with Gasteiger partial charge in [0.1, 0.15) is 0 Å². The Hall–Kier alpha value is -2.32. The molecule has 0 saturated heterocycles. The Morgan fingerprint density at radius 3 is 2.56 bits per heavy atom. The Balaban J connectivity index is 1.70. The third-order valence-corrected chi connectivity index (χ3v) is 4.93. The Morgan fingerprint density at radius 2 is 1.88 bits per heavy atom. The van der Waals surface area contributed by atoms with Gasteiger partial charge in [0.2, 0.25) is 11.6 Å². The van der Waals surface area contributed by atoms with Crippen LogP contribution >= 0.6 is 27.7 Å². The third kappa shape index (κ3) is 4.40. The van der Waals surface area contributed by atoms with E-state index in [1.54, 1.807) is 12.1 Å². The van der Waals surface area contributed by atoms with Crippen LogP contribution in [0.5, 0.6) is 0 Å². The molecule has 1 amide bonds. The first-order valence-electron chi connectivity index (χ1n) is 7.42. The average Bonchev–Trinajstić information content (AvgIpc) is 2.96. The van der Waals surface area contributed by atoms with Crippen molar-refractivity contribution in [2.45, 2.75) is 11.9 Å². The second-order valence-electron chi connectivity index (χ2n) is 5.30. The molecule has 1 aromatic heterocycles. The first-order valence-corrected chi connectivity index (χ1v) is 9.19. The lowest BCUT2D eigenvalue weighted by atomic mass is 10.2. The molecule has 0 fully saturated rings. The molecule has 0 radical (unpaired) electrons. The normalized spacial score (nSPS) is 10.6. The topological polar surface area (TPSA) is 79.0 Å². The summed E-state index contributed by atoms with van der Waals surface area (Å²) >= 11 is 4.46. The maximum absolute atomic E-state index is 12.1. The summed E-state index contributed by atoms with van der Waals surface area (Å²) in [6, 6.07) is 14.9. The van der Waals surface area contributed by atoms with Gasteiger partial charge in [0.15, 0.2) is 0 Å². The summed E-state index contributed by atoms with van der Waals surface area (Å²) in [5, 5.41) is 5.66. The molecular weight excluding hydrogens is 406 g/mol. The molecule has 0 bridgehead atoms. The molecule has 0 atom stereocenters. The number of hydrogen-bond acceptors (Lipinski definition) is 4. The van der Waals surface area contributed by atoms with Crippen molar-refractivity contribution >= 4 is 39.3 Å². The number of rotatable bonds is 5. The molecule has 0 unspecified atom stereocenters. The highest BCUT2D eigenvalue weighted by molar-refractivity contribution is 9.10. The fourth-order valence-corrected chi connectivity index (χ4v) is 3.15. The maximum atomic E-state index is 12.1. The number of aromatic amines is 1. The van der Waals surface area contributed by atoms with Crippen molar-refractivity contribution in [2.24, 2.45) is 0 Å². The number of nitrogens with zero attached hydrogens (tertiary/aromatic N) is 1. The fourth-order valence-electron chi connectivity index (χ4n) is 2.11. The summed E-state index contributed by atoms with van der Waals surface area (Å²) in [4.78, 5) is 24.0. The van der Waals surface area contributed by atoms with Gasteiger partial charge in [-0.15, -0.1) is 0 Å². The van der Waals surface area contributed by atoms with Crippen LogP contribution < -0.4 is 15.6 Å². The number of halogens is 1. The van der Waals surface area contributed by atoms with Gasteiger partial charge in [0.05, 0.1) is 5.75 Å². The van der Waals surface area contributed by atoms with Crippen molar-refractivity contribution in [2.75, 3.05) is 11.1 Å². The Bertz CT molecular complexity index is 933. The van der Waals surface area contributed by atoms with Crippen molar-refractivity contribution in [3.63, 3.8) is 0 Å². The first-order chi connectivity index (χ1) is 12.0. The standard InChI is InChI=1S/C17H14BrN3O3S/c1-11-2-8-14(9-3-11)21-16(17(23)24-20-21)25-10-15(22)19-13-6-4-12(18)5-7-13/h2-9H,10H2,1H3,(H-,19,20,22,23)/p+1. The van der Waals surface area contributed by atoms with Crippen LogP contribution in [0.15, 0.2) is 67.3 Å². The highest BCUT2D eigenvalue weighted by Crippen LogP contribution is 2.16. The number of carbonyl (C=O) groups is 1. The zero-order chi connectivity index (χ0) is 17.8. The van der Waals surface area contributed by atoms with Crippen LogP contribution in [-0.2, 0) is 4.79 Å². The van der Waals surface area contributed by atoms with Crippen LogP contribution in [0, 0.1) is 6.92 Å². The largest absolute Gasteiger partial charge is 0.442 e. The number of thioether (sulfide) groups is 1. The van der Waals surface area contributed by atoms with E-state index < -0.39 is 5.63 Å². The molecule has 1 heterocycles. The summed E-state index contributed by atoms with van der Waals surface area (Å²) < 4.78 is 7.33.